The van der Waals surface area contributed by atoms with Crippen molar-refractivity contribution in [3.8, 4) is 0 Å². The summed E-state index contributed by atoms with van der Waals surface area (Å²) in [6, 6.07) is 19.7. The molecular weight excluding hydrogens is 578 g/mol. The van der Waals surface area contributed by atoms with Crippen LogP contribution in [-0.4, -0.2) is 50.0 Å². The van der Waals surface area contributed by atoms with Crippen LogP contribution in [-0.2, 0) is 26.2 Å². The molecule has 2 atom stereocenters. The lowest BCUT2D eigenvalue weighted by Gasteiger charge is -2.34. The van der Waals surface area contributed by atoms with Crippen molar-refractivity contribution in [3.63, 3.8) is 0 Å². The Morgan fingerprint density at radius 3 is 2.15 bits per heavy atom. The molecule has 41 heavy (non-hydrogen) atoms. The van der Waals surface area contributed by atoms with E-state index in [0.29, 0.717) is 22.7 Å². The van der Waals surface area contributed by atoms with E-state index in [1.165, 1.54) is 16.7 Å². The molecule has 3 aromatic carbocycles. The molecule has 1 N–H and O–H groups in total. The molecule has 0 aromatic heterocycles. The van der Waals surface area contributed by atoms with E-state index >= 15 is 0 Å². The van der Waals surface area contributed by atoms with Crippen LogP contribution in [0.2, 0.25) is 5.02 Å². The van der Waals surface area contributed by atoms with Gasteiger partial charge in [-0.05, 0) is 81.0 Å². The Hall–Kier alpha value is -3.01. The van der Waals surface area contributed by atoms with Gasteiger partial charge in [-0.1, -0.05) is 61.3 Å². The summed E-state index contributed by atoms with van der Waals surface area (Å²) in [5.74, 6) is -0.805. The molecule has 3 rings (SSSR count). The normalized spacial score (nSPS) is 12.8. The summed E-state index contributed by atoms with van der Waals surface area (Å²) < 4.78 is 29.1. The van der Waals surface area contributed by atoms with E-state index in [1.807, 2.05) is 40.0 Å². The number of rotatable bonds is 13. The van der Waals surface area contributed by atoms with Crippen molar-refractivity contribution in [1.29, 1.82) is 0 Å². The van der Waals surface area contributed by atoms with Gasteiger partial charge in [0.1, 0.15) is 12.6 Å². The van der Waals surface area contributed by atoms with Crippen molar-refractivity contribution < 1.29 is 18.0 Å². The topological polar surface area (TPSA) is 86.8 Å². The lowest BCUT2D eigenvalue weighted by molar-refractivity contribution is -0.140. The third-order valence-electron chi connectivity index (χ3n) is 6.93. The third-order valence-corrected chi connectivity index (χ3v) is 9.83. The molecule has 0 heterocycles. The summed E-state index contributed by atoms with van der Waals surface area (Å²) in [4.78, 5) is 29.9. The molecule has 0 fully saturated rings. The monoisotopic (exact) mass is 615 g/mol. The predicted octanol–water partition coefficient (Wildman–Crippen LogP) is 6.29. The Morgan fingerprint density at radius 2 is 1.59 bits per heavy atom. The predicted molar refractivity (Wildman–Crippen MR) is 168 cm³/mol. The van der Waals surface area contributed by atoms with Gasteiger partial charge in [0.25, 0.3) is 10.0 Å². The maximum atomic E-state index is 14.1. The zero-order chi connectivity index (χ0) is 30.2. The second kappa shape index (κ2) is 14.8. The van der Waals surface area contributed by atoms with Crippen molar-refractivity contribution in [2.24, 2.45) is 0 Å². The molecule has 0 spiro atoms. The summed E-state index contributed by atoms with van der Waals surface area (Å²) in [7, 11) is -4.13. The highest BCUT2D eigenvalue weighted by atomic mass is 35.5. The number of amides is 2. The van der Waals surface area contributed by atoms with Crippen LogP contribution in [0.4, 0.5) is 5.69 Å². The number of anilines is 1. The maximum Gasteiger partial charge on any atom is 0.264 e. The van der Waals surface area contributed by atoms with Crippen LogP contribution in [0.3, 0.4) is 0 Å². The average Bonchev–Trinajstić information content (AvgIpc) is 2.97. The van der Waals surface area contributed by atoms with Crippen molar-refractivity contribution in [2.45, 2.75) is 69.0 Å². The van der Waals surface area contributed by atoms with E-state index in [4.69, 9.17) is 11.6 Å². The summed E-state index contributed by atoms with van der Waals surface area (Å²) in [5, 5.41) is 3.43. The second-order valence-corrected chi connectivity index (χ2v) is 13.0. The Morgan fingerprint density at radius 1 is 0.951 bits per heavy atom. The minimum absolute atomic E-state index is 0.0507. The molecule has 7 nitrogen and oxygen atoms in total. The molecule has 220 valence electrons. The van der Waals surface area contributed by atoms with Gasteiger partial charge in [-0.2, -0.15) is 0 Å². The minimum atomic E-state index is -4.13. The summed E-state index contributed by atoms with van der Waals surface area (Å²) in [5.41, 5.74) is 1.97. The standard InChI is InChI=1S/C31H38ClN3O4S2/c1-6-23(4)33-31(37)29(7-2)34(20-24-10-8-9-11-28(24)32)30(36)21-35(25-14-12-22(3)13-15-25)41(38,39)27-18-16-26(40-5)17-19-27/h8-19,23,29H,6-7,20-21H2,1-5H3,(H,33,37)/t23-,29-/m0/s1. The van der Waals surface area contributed by atoms with Gasteiger partial charge < -0.3 is 10.2 Å². The number of carbonyl (C=O) groups is 2. The number of benzene rings is 3. The van der Waals surface area contributed by atoms with E-state index in [9.17, 15) is 18.0 Å². The first-order valence-corrected chi connectivity index (χ1v) is 16.6. The van der Waals surface area contributed by atoms with E-state index in [2.05, 4.69) is 5.32 Å². The van der Waals surface area contributed by atoms with Gasteiger partial charge >= 0.3 is 0 Å². The van der Waals surface area contributed by atoms with Gasteiger partial charge in [0, 0.05) is 22.5 Å². The van der Waals surface area contributed by atoms with Crippen molar-refractivity contribution in [3.05, 3.63) is 88.9 Å². The van der Waals surface area contributed by atoms with Crippen molar-refractivity contribution in [2.75, 3.05) is 17.1 Å². The van der Waals surface area contributed by atoms with Crippen LogP contribution in [0, 0.1) is 6.92 Å². The van der Waals surface area contributed by atoms with Crippen LogP contribution in [0.15, 0.2) is 82.6 Å². The molecule has 0 bridgehead atoms. The van der Waals surface area contributed by atoms with Crippen LogP contribution in [0.1, 0.15) is 44.7 Å². The van der Waals surface area contributed by atoms with Gasteiger partial charge in [-0.15, -0.1) is 11.8 Å². The molecule has 10 heteroatoms. The first-order valence-electron chi connectivity index (χ1n) is 13.6. The SMILES string of the molecule is CC[C@H](C)NC(=O)[C@H](CC)N(Cc1ccccc1Cl)C(=O)CN(c1ccc(C)cc1)S(=O)(=O)c1ccc(SC)cc1. The number of carbonyl (C=O) groups excluding carboxylic acids is 2. The largest absolute Gasteiger partial charge is 0.352 e. The van der Waals surface area contributed by atoms with Gasteiger partial charge in [0.15, 0.2) is 0 Å². The molecule has 0 radical (unpaired) electrons. The fraction of sp³-hybridized carbons (Fsp3) is 0.355. The zero-order valence-corrected chi connectivity index (χ0v) is 26.5. The number of hydrogen-bond donors (Lipinski definition) is 1. The van der Waals surface area contributed by atoms with E-state index in [-0.39, 0.29) is 23.4 Å². The maximum absolute atomic E-state index is 14.1. The summed E-state index contributed by atoms with van der Waals surface area (Å²) >= 11 is 7.96. The molecular formula is C31H38ClN3O4S2. The number of thioether (sulfide) groups is 1. The molecule has 0 saturated carbocycles. The number of nitrogens with one attached hydrogen (secondary N) is 1. The Labute approximate surface area is 253 Å². The number of sulfonamides is 1. The first-order chi connectivity index (χ1) is 19.5. The Kier molecular flexibility index (Phi) is 11.7. The van der Waals surface area contributed by atoms with Crippen molar-refractivity contribution in [1.82, 2.24) is 10.2 Å². The van der Waals surface area contributed by atoms with Crippen molar-refractivity contribution >= 4 is 50.9 Å². The van der Waals surface area contributed by atoms with Crippen LogP contribution in [0.5, 0.6) is 0 Å². The highest BCUT2D eigenvalue weighted by molar-refractivity contribution is 7.98. The molecule has 3 aromatic rings. The van der Waals surface area contributed by atoms with Crippen LogP contribution in [0.25, 0.3) is 0 Å². The third kappa shape index (κ3) is 8.27. The van der Waals surface area contributed by atoms with Gasteiger partial charge in [0.05, 0.1) is 10.6 Å². The minimum Gasteiger partial charge on any atom is -0.352 e. The van der Waals surface area contributed by atoms with E-state index in [0.717, 1.165) is 21.2 Å². The van der Waals surface area contributed by atoms with E-state index < -0.39 is 28.5 Å². The molecule has 0 aliphatic carbocycles. The quantitative estimate of drug-likeness (QED) is 0.229. The molecule has 0 aliphatic heterocycles. The highest BCUT2D eigenvalue weighted by Crippen LogP contribution is 2.27. The second-order valence-electron chi connectivity index (χ2n) is 9.88. The van der Waals surface area contributed by atoms with Crippen LogP contribution >= 0.6 is 23.4 Å². The summed E-state index contributed by atoms with van der Waals surface area (Å²) in [6.45, 7) is 7.16. The number of nitrogens with zero attached hydrogens (tertiary/aromatic N) is 2. The number of hydrogen-bond acceptors (Lipinski definition) is 5. The number of halogens is 1. The van der Waals surface area contributed by atoms with Crippen LogP contribution < -0.4 is 9.62 Å². The van der Waals surface area contributed by atoms with Gasteiger partial charge in [0.2, 0.25) is 11.8 Å². The smallest absolute Gasteiger partial charge is 0.264 e. The molecule has 2 amide bonds. The lowest BCUT2D eigenvalue weighted by atomic mass is 10.1. The molecule has 0 unspecified atom stereocenters. The fourth-order valence-electron chi connectivity index (χ4n) is 4.29. The first kappa shape index (κ1) is 32.5. The zero-order valence-electron chi connectivity index (χ0n) is 24.1. The Balaban J connectivity index is 2.06. The van der Waals surface area contributed by atoms with Gasteiger partial charge in [-0.3, -0.25) is 13.9 Å². The lowest BCUT2D eigenvalue weighted by Crippen LogP contribution is -2.53. The Bertz CT molecular complexity index is 1430. The molecule has 0 aliphatic rings. The average molecular weight is 616 g/mol. The van der Waals surface area contributed by atoms with E-state index in [1.54, 1.807) is 66.7 Å². The number of aryl methyl sites for hydroxylation is 1. The van der Waals surface area contributed by atoms with Gasteiger partial charge in [-0.25, -0.2) is 8.42 Å². The molecule has 0 saturated heterocycles. The summed E-state index contributed by atoms with van der Waals surface area (Å²) in [6.07, 6.45) is 2.98. The highest BCUT2D eigenvalue weighted by Gasteiger charge is 2.34. The fourth-order valence-corrected chi connectivity index (χ4v) is 6.30.